The van der Waals surface area contributed by atoms with Gasteiger partial charge in [0, 0.05) is 11.4 Å². The van der Waals surface area contributed by atoms with Gasteiger partial charge in [-0.2, -0.15) is 0 Å². The highest BCUT2D eigenvalue weighted by atomic mass is 35.5. The van der Waals surface area contributed by atoms with Gasteiger partial charge in [-0.15, -0.1) is 0 Å². The first-order chi connectivity index (χ1) is 9.19. The summed E-state index contributed by atoms with van der Waals surface area (Å²) in [5.74, 6) is -1.06. The summed E-state index contributed by atoms with van der Waals surface area (Å²) >= 11 is 5.91. The Morgan fingerprint density at radius 1 is 1.35 bits per heavy atom. The molecule has 0 heterocycles. The molecular weight excluding hydrogens is 278 g/mol. The van der Waals surface area contributed by atoms with Crippen molar-refractivity contribution in [2.75, 3.05) is 0 Å². The molecule has 0 aliphatic heterocycles. The van der Waals surface area contributed by atoms with E-state index in [0.29, 0.717) is 5.02 Å². The van der Waals surface area contributed by atoms with Crippen LogP contribution in [0, 0.1) is 5.41 Å². The van der Waals surface area contributed by atoms with E-state index >= 15 is 0 Å². The number of carbonyl (C=O) groups is 2. The van der Waals surface area contributed by atoms with Gasteiger partial charge in [-0.25, -0.2) is 0 Å². The minimum atomic E-state index is -0.898. The molecule has 0 aliphatic carbocycles. The number of carboxylic acids is 1. The van der Waals surface area contributed by atoms with Gasteiger partial charge in [-0.05, 0) is 30.0 Å². The molecular formula is C15H20ClNO3. The average Bonchev–Trinajstić information content (AvgIpc) is 2.25. The lowest BCUT2D eigenvalue weighted by Gasteiger charge is -2.23. The van der Waals surface area contributed by atoms with Crippen LogP contribution in [0.3, 0.4) is 0 Å². The molecule has 1 rings (SSSR count). The Kier molecular flexibility index (Phi) is 5.57. The Balaban J connectivity index is 2.60. The first-order valence-corrected chi connectivity index (χ1v) is 6.84. The van der Waals surface area contributed by atoms with Crippen LogP contribution in [0.25, 0.3) is 0 Å². The first-order valence-electron chi connectivity index (χ1n) is 6.46. The molecule has 0 unspecified atom stereocenters. The third-order valence-corrected chi connectivity index (χ3v) is 3.23. The van der Waals surface area contributed by atoms with E-state index < -0.39 is 11.4 Å². The molecule has 0 fully saturated rings. The number of aliphatic carboxylic acids is 1. The lowest BCUT2D eigenvalue weighted by molar-refractivity contribution is -0.139. The van der Waals surface area contributed by atoms with Crippen molar-refractivity contribution < 1.29 is 14.7 Å². The lowest BCUT2D eigenvalue weighted by atomic mass is 9.85. The second-order valence-electron chi connectivity index (χ2n) is 5.76. The van der Waals surface area contributed by atoms with E-state index in [-0.39, 0.29) is 24.8 Å². The monoisotopic (exact) mass is 297 g/mol. The molecule has 0 saturated carbocycles. The van der Waals surface area contributed by atoms with E-state index in [1.165, 1.54) is 0 Å². The maximum absolute atomic E-state index is 12.0. The van der Waals surface area contributed by atoms with Crippen LogP contribution in [0.1, 0.15) is 45.2 Å². The molecule has 110 valence electrons. The van der Waals surface area contributed by atoms with Gasteiger partial charge >= 0.3 is 5.97 Å². The number of halogens is 1. The number of carboxylic acid groups (broad SMARTS) is 1. The zero-order valence-corrected chi connectivity index (χ0v) is 12.7. The number of hydrogen-bond acceptors (Lipinski definition) is 2. The summed E-state index contributed by atoms with van der Waals surface area (Å²) in [6.07, 6.45) is 0.135. The van der Waals surface area contributed by atoms with Crippen molar-refractivity contribution in [1.82, 2.24) is 5.32 Å². The van der Waals surface area contributed by atoms with Crippen molar-refractivity contribution in [3.8, 4) is 0 Å². The molecule has 1 amide bonds. The molecule has 0 aromatic heterocycles. The number of rotatable bonds is 6. The maximum Gasteiger partial charge on any atom is 0.303 e. The number of benzene rings is 1. The van der Waals surface area contributed by atoms with Gasteiger partial charge in [0.05, 0.1) is 12.5 Å². The Bertz CT molecular complexity index is 500. The predicted octanol–water partition coefficient (Wildman–Crippen LogP) is 3.41. The van der Waals surface area contributed by atoms with Crippen LogP contribution in [0.4, 0.5) is 0 Å². The molecule has 4 nitrogen and oxygen atoms in total. The zero-order valence-electron chi connectivity index (χ0n) is 11.9. The molecule has 1 atom stereocenters. The minimum absolute atomic E-state index is 0.0357. The zero-order chi connectivity index (χ0) is 15.3. The van der Waals surface area contributed by atoms with E-state index in [0.717, 1.165) is 5.56 Å². The number of hydrogen-bond donors (Lipinski definition) is 2. The van der Waals surface area contributed by atoms with Crippen LogP contribution in [0.15, 0.2) is 24.3 Å². The van der Waals surface area contributed by atoms with E-state index in [4.69, 9.17) is 16.7 Å². The molecule has 0 radical (unpaired) electrons. The van der Waals surface area contributed by atoms with Crippen molar-refractivity contribution in [3.05, 3.63) is 34.9 Å². The number of carbonyl (C=O) groups excluding carboxylic acids is 1. The molecule has 0 bridgehead atoms. The SMILES string of the molecule is C[C@@H](NC(=O)CC(C)(C)CC(=O)O)c1cccc(Cl)c1. The Morgan fingerprint density at radius 2 is 2.00 bits per heavy atom. The van der Waals surface area contributed by atoms with Crippen LogP contribution in [0.2, 0.25) is 5.02 Å². The molecule has 1 aromatic carbocycles. The summed E-state index contributed by atoms with van der Waals surface area (Å²) in [4.78, 5) is 22.7. The van der Waals surface area contributed by atoms with Crippen LogP contribution in [-0.2, 0) is 9.59 Å². The summed E-state index contributed by atoms with van der Waals surface area (Å²) in [5.41, 5.74) is 0.353. The van der Waals surface area contributed by atoms with E-state index in [1.54, 1.807) is 26.0 Å². The number of amides is 1. The summed E-state index contributed by atoms with van der Waals surface area (Å²) in [5, 5.41) is 12.3. The average molecular weight is 298 g/mol. The number of nitrogens with one attached hydrogen (secondary N) is 1. The standard InChI is InChI=1S/C15H20ClNO3/c1-10(11-5-4-6-12(16)7-11)17-13(18)8-15(2,3)9-14(19)20/h4-7,10H,8-9H2,1-3H3,(H,17,18)(H,19,20)/t10-/m1/s1. The van der Waals surface area contributed by atoms with E-state index in [1.807, 2.05) is 19.1 Å². The second kappa shape index (κ2) is 6.75. The Labute approximate surface area is 124 Å². The highest BCUT2D eigenvalue weighted by Crippen LogP contribution is 2.25. The molecule has 5 heteroatoms. The predicted molar refractivity (Wildman–Crippen MR) is 78.7 cm³/mol. The largest absolute Gasteiger partial charge is 0.481 e. The van der Waals surface area contributed by atoms with Crippen LogP contribution in [0.5, 0.6) is 0 Å². The maximum atomic E-state index is 12.0. The Morgan fingerprint density at radius 3 is 2.55 bits per heavy atom. The third-order valence-electron chi connectivity index (χ3n) is 3.00. The third kappa shape index (κ3) is 5.61. The van der Waals surface area contributed by atoms with Gasteiger partial charge < -0.3 is 10.4 Å². The van der Waals surface area contributed by atoms with Crippen molar-refractivity contribution in [3.63, 3.8) is 0 Å². The van der Waals surface area contributed by atoms with E-state index in [9.17, 15) is 9.59 Å². The highest BCUT2D eigenvalue weighted by molar-refractivity contribution is 6.30. The molecule has 1 aromatic rings. The minimum Gasteiger partial charge on any atom is -0.481 e. The molecule has 2 N–H and O–H groups in total. The first kappa shape index (κ1) is 16.5. The van der Waals surface area contributed by atoms with Gasteiger partial charge in [0.25, 0.3) is 0 Å². The van der Waals surface area contributed by atoms with Crippen LogP contribution < -0.4 is 5.32 Å². The van der Waals surface area contributed by atoms with Crippen molar-refractivity contribution in [2.45, 2.75) is 39.7 Å². The normalized spacial score (nSPS) is 12.8. The molecule has 0 spiro atoms. The fourth-order valence-corrected chi connectivity index (χ4v) is 2.26. The van der Waals surface area contributed by atoms with Gasteiger partial charge in [0.15, 0.2) is 0 Å². The summed E-state index contributed by atoms with van der Waals surface area (Å²) in [7, 11) is 0. The van der Waals surface area contributed by atoms with Crippen molar-refractivity contribution >= 4 is 23.5 Å². The lowest BCUT2D eigenvalue weighted by Crippen LogP contribution is -2.31. The second-order valence-corrected chi connectivity index (χ2v) is 6.19. The van der Waals surface area contributed by atoms with Gasteiger partial charge in [0.2, 0.25) is 5.91 Å². The molecule has 0 saturated heterocycles. The highest BCUT2D eigenvalue weighted by Gasteiger charge is 2.25. The molecule has 20 heavy (non-hydrogen) atoms. The van der Waals surface area contributed by atoms with Gasteiger partial charge in [0.1, 0.15) is 0 Å². The van der Waals surface area contributed by atoms with Gasteiger partial charge in [-0.3, -0.25) is 9.59 Å². The quantitative estimate of drug-likeness (QED) is 0.845. The van der Waals surface area contributed by atoms with Crippen LogP contribution in [-0.4, -0.2) is 17.0 Å². The summed E-state index contributed by atoms with van der Waals surface area (Å²) < 4.78 is 0. The topological polar surface area (TPSA) is 66.4 Å². The summed E-state index contributed by atoms with van der Waals surface area (Å²) in [6, 6.07) is 7.13. The fraction of sp³-hybridized carbons (Fsp3) is 0.467. The summed E-state index contributed by atoms with van der Waals surface area (Å²) in [6.45, 7) is 5.41. The van der Waals surface area contributed by atoms with Crippen LogP contribution >= 0.6 is 11.6 Å². The smallest absolute Gasteiger partial charge is 0.303 e. The molecule has 0 aliphatic rings. The fourth-order valence-electron chi connectivity index (χ4n) is 2.06. The Hall–Kier alpha value is -1.55. The van der Waals surface area contributed by atoms with Crippen molar-refractivity contribution in [1.29, 1.82) is 0 Å². The van der Waals surface area contributed by atoms with Gasteiger partial charge in [-0.1, -0.05) is 37.6 Å². The van der Waals surface area contributed by atoms with Crippen molar-refractivity contribution in [2.24, 2.45) is 5.41 Å². The van der Waals surface area contributed by atoms with E-state index in [2.05, 4.69) is 5.32 Å².